The fourth-order valence-electron chi connectivity index (χ4n) is 5.77. The number of carbonyl (C=O) groups excluding carboxylic acids is 2. The zero-order valence-electron chi connectivity index (χ0n) is 21.5. The quantitative estimate of drug-likeness (QED) is 0.513. The lowest BCUT2D eigenvalue weighted by molar-refractivity contribution is -0.139. The number of ether oxygens (including phenoxy) is 2. The second-order valence-corrected chi connectivity index (χ2v) is 10.6. The van der Waals surface area contributed by atoms with Crippen LogP contribution < -0.4 is 20.5 Å². The van der Waals surface area contributed by atoms with Gasteiger partial charge >= 0.3 is 6.03 Å². The van der Waals surface area contributed by atoms with Crippen molar-refractivity contribution in [2.45, 2.75) is 51.2 Å². The molecule has 1 saturated carbocycles. The molecule has 2 aromatic heterocycles. The summed E-state index contributed by atoms with van der Waals surface area (Å²) < 4.78 is 13.0. The normalized spacial score (nSPS) is 20.1. The number of nitrogens with one attached hydrogen (secondary N) is 1. The molecule has 1 saturated heterocycles. The molecule has 12 heteroatoms. The summed E-state index contributed by atoms with van der Waals surface area (Å²) in [5.41, 5.74) is 8.04. The fraction of sp³-hybridized carbons (Fsp3) is 0.444. The largest absolute Gasteiger partial charge is 0.454 e. The van der Waals surface area contributed by atoms with Gasteiger partial charge in [0.2, 0.25) is 18.6 Å². The Hall–Kier alpha value is -4.35. The van der Waals surface area contributed by atoms with Crippen LogP contribution in [-0.2, 0) is 17.9 Å². The number of benzene rings is 1. The number of urea groups is 1. The molecule has 5 heterocycles. The molecule has 1 atom stereocenters. The van der Waals surface area contributed by atoms with E-state index in [2.05, 4.69) is 10.3 Å². The number of nitrogens with zero attached hydrogens (tertiary/aromatic N) is 6. The van der Waals surface area contributed by atoms with E-state index in [0.717, 1.165) is 55.6 Å². The minimum absolute atomic E-state index is 0.0743. The molecule has 3 aromatic rings. The number of hydrogen-bond acceptors (Lipinski definition) is 8. The first-order chi connectivity index (χ1) is 19.0. The summed E-state index contributed by atoms with van der Waals surface area (Å²) >= 11 is 0. The number of piperidine rings is 1. The molecule has 202 valence electrons. The van der Waals surface area contributed by atoms with E-state index in [9.17, 15) is 9.59 Å². The molecule has 3 amide bonds. The molecule has 0 spiro atoms. The summed E-state index contributed by atoms with van der Waals surface area (Å²) in [6.07, 6.45) is 6.76. The Bertz CT molecular complexity index is 1450. The van der Waals surface area contributed by atoms with Gasteiger partial charge in [0.1, 0.15) is 11.6 Å². The van der Waals surface area contributed by atoms with Gasteiger partial charge in [-0.1, -0.05) is 6.42 Å². The summed E-state index contributed by atoms with van der Waals surface area (Å²) in [6, 6.07) is 7.10. The first-order valence-electron chi connectivity index (χ1n) is 13.5. The predicted octanol–water partition coefficient (Wildman–Crippen LogP) is 2.66. The molecule has 3 aliphatic heterocycles. The minimum atomic E-state index is -0.493. The zero-order chi connectivity index (χ0) is 26.5. The maximum absolute atomic E-state index is 12.8. The van der Waals surface area contributed by atoms with Crippen LogP contribution in [-0.4, -0.2) is 67.2 Å². The molecular weight excluding hydrogens is 500 g/mol. The van der Waals surface area contributed by atoms with E-state index in [1.807, 2.05) is 33.7 Å². The number of nitrogens with two attached hydrogens (primary N) is 1. The second-order valence-electron chi connectivity index (χ2n) is 10.6. The Morgan fingerprint density at radius 2 is 1.87 bits per heavy atom. The van der Waals surface area contributed by atoms with Gasteiger partial charge in [-0.2, -0.15) is 4.98 Å². The Morgan fingerprint density at radius 1 is 1.00 bits per heavy atom. The monoisotopic (exact) mass is 530 g/mol. The molecule has 0 unspecified atom stereocenters. The van der Waals surface area contributed by atoms with Crippen LogP contribution in [0.4, 0.5) is 10.7 Å². The molecular formula is C27H30N8O4. The average Bonchev–Trinajstić information content (AvgIpc) is 3.62. The van der Waals surface area contributed by atoms with Crippen LogP contribution in [0.15, 0.2) is 30.5 Å². The fourth-order valence-corrected chi connectivity index (χ4v) is 5.77. The second kappa shape index (κ2) is 9.44. The Labute approximate surface area is 225 Å². The van der Waals surface area contributed by atoms with Gasteiger partial charge in [0.15, 0.2) is 11.5 Å². The third kappa shape index (κ3) is 4.29. The average molecular weight is 531 g/mol. The first-order valence-corrected chi connectivity index (χ1v) is 13.5. The number of fused-ring (bicyclic) bond motifs is 2. The minimum Gasteiger partial charge on any atom is -0.454 e. The molecule has 7 rings (SSSR count). The van der Waals surface area contributed by atoms with Gasteiger partial charge in [0, 0.05) is 36.8 Å². The van der Waals surface area contributed by atoms with Crippen molar-refractivity contribution in [1.82, 2.24) is 29.3 Å². The van der Waals surface area contributed by atoms with Crippen molar-refractivity contribution in [2.24, 2.45) is 11.7 Å². The lowest BCUT2D eigenvalue weighted by atomic mass is 9.84. The van der Waals surface area contributed by atoms with Crippen LogP contribution in [0.2, 0.25) is 0 Å². The number of rotatable bonds is 5. The van der Waals surface area contributed by atoms with E-state index in [1.54, 1.807) is 11.1 Å². The Balaban J connectivity index is 1.19. The number of likely N-dealkylation sites (tertiary alicyclic amines) is 1. The standard InChI is InChI=1S/C27H30N8O4/c28-26(37)34-13-19-20(14-34)35(24(31-19)17-6-7-21-22(11-17)39-15-38-21)23-8-9-29-27(32-23)30-18-5-2-10-33(12-18)25(36)16-3-1-4-16/h6-9,11,16,18H,1-5,10,12-15H2,(H2,28,37)(H,29,30,32)/t18-/m0/s1. The molecule has 4 aliphatic rings. The summed E-state index contributed by atoms with van der Waals surface area (Å²) in [5.74, 6) is 3.61. The van der Waals surface area contributed by atoms with Crippen LogP contribution >= 0.6 is 0 Å². The van der Waals surface area contributed by atoms with Crippen molar-refractivity contribution in [3.05, 3.63) is 41.9 Å². The number of aromatic nitrogens is 4. The third-order valence-electron chi connectivity index (χ3n) is 8.07. The van der Waals surface area contributed by atoms with E-state index in [4.69, 9.17) is 25.2 Å². The highest BCUT2D eigenvalue weighted by molar-refractivity contribution is 5.79. The highest BCUT2D eigenvalue weighted by Gasteiger charge is 2.33. The highest BCUT2D eigenvalue weighted by Crippen LogP contribution is 2.38. The third-order valence-corrected chi connectivity index (χ3v) is 8.07. The number of imidazole rings is 1. The van der Waals surface area contributed by atoms with Crippen LogP contribution in [0.1, 0.15) is 43.5 Å². The Morgan fingerprint density at radius 3 is 2.69 bits per heavy atom. The van der Waals surface area contributed by atoms with Crippen molar-refractivity contribution >= 4 is 17.9 Å². The number of carbonyl (C=O) groups is 2. The van der Waals surface area contributed by atoms with Crippen LogP contribution in [0, 0.1) is 5.92 Å². The molecule has 39 heavy (non-hydrogen) atoms. The Kier molecular flexibility index (Phi) is 5.75. The predicted molar refractivity (Wildman–Crippen MR) is 140 cm³/mol. The van der Waals surface area contributed by atoms with Crippen molar-refractivity contribution in [1.29, 1.82) is 0 Å². The van der Waals surface area contributed by atoms with Gasteiger partial charge in [-0.3, -0.25) is 9.36 Å². The first kappa shape index (κ1) is 23.7. The molecule has 1 aromatic carbocycles. The van der Waals surface area contributed by atoms with Gasteiger partial charge in [-0.15, -0.1) is 0 Å². The molecule has 0 bridgehead atoms. The van der Waals surface area contributed by atoms with E-state index in [0.29, 0.717) is 48.7 Å². The SMILES string of the molecule is NC(=O)N1Cc2nc(-c3ccc4c(c3)OCO4)n(-c3ccnc(N[C@H]4CCCN(C(=O)C5CCC5)C4)n3)c2C1. The lowest BCUT2D eigenvalue weighted by Gasteiger charge is -2.37. The van der Waals surface area contributed by atoms with Crippen molar-refractivity contribution in [3.63, 3.8) is 0 Å². The van der Waals surface area contributed by atoms with Gasteiger partial charge in [-0.25, -0.2) is 14.8 Å². The van der Waals surface area contributed by atoms with E-state index in [-0.39, 0.29) is 24.7 Å². The number of anilines is 1. The summed E-state index contributed by atoms with van der Waals surface area (Å²) in [6.45, 7) is 2.31. The lowest BCUT2D eigenvalue weighted by Crippen LogP contribution is -2.48. The maximum Gasteiger partial charge on any atom is 0.315 e. The summed E-state index contributed by atoms with van der Waals surface area (Å²) in [5, 5.41) is 3.46. The van der Waals surface area contributed by atoms with Gasteiger partial charge in [0.05, 0.1) is 24.5 Å². The highest BCUT2D eigenvalue weighted by atomic mass is 16.7. The topological polar surface area (TPSA) is 141 Å². The van der Waals surface area contributed by atoms with Crippen molar-refractivity contribution in [3.8, 4) is 28.7 Å². The maximum atomic E-state index is 12.8. The molecule has 2 fully saturated rings. The van der Waals surface area contributed by atoms with E-state index < -0.39 is 6.03 Å². The van der Waals surface area contributed by atoms with Gasteiger partial charge in [0.25, 0.3) is 0 Å². The van der Waals surface area contributed by atoms with E-state index in [1.165, 1.54) is 0 Å². The molecule has 1 aliphatic carbocycles. The number of amides is 3. The number of hydrogen-bond donors (Lipinski definition) is 2. The zero-order valence-corrected chi connectivity index (χ0v) is 21.5. The molecule has 0 radical (unpaired) electrons. The van der Waals surface area contributed by atoms with Crippen LogP contribution in [0.25, 0.3) is 17.2 Å². The summed E-state index contributed by atoms with van der Waals surface area (Å²) in [7, 11) is 0. The summed E-state index contributed by atoms with van der Waals surface area (Å²) in [4.78, 5) is 42.5. The smallest absolute Gasteiger partial charge is 0.315 e. The van der Waals surface area contributed by atoms with Crippen LogP contribution in [0.5, 0.6) is 11.5 Å². The van der Waals surface area contributed by atoms with Crippen molar-refractivity contribution < 1.29 is 19.1 Å². The van der Waals surface area contributed by atoms with Gasteiger partial charge in [-0.05, 0) is 49.9 Å². The number of primary amides is 1. The molecule has 12 nitrogen and oxygen atoms in total. The van der Waals surface area contributed by atoms with E-state index >= 15 is 0 Å². The van der Waals surface area contributed by atoms with Crippen LogP contribution in [0.3, 0.4) is 0 Å². The molecule has 3 N–H and O–H groups in total. The van der Waals surface area contributed by atoms with Crippen molar-refractivity contribution in [2.75, 3.05) is 25.2 Å². The van der Waals surface area contributed by atoms with Gasteiger partial charge < -0.3 is 30.3 Å².